The van der Waals surface area contributed by atoms with Gasteiger partial charge >= 0.3 is 0 Å². The monoisotopic (exact) mass is 307 g/mol. The van der Waals surface area contributed by atoms with Crippen LogP contribution in [0.2, 0.25) is 0 Å². The van der Waals surface area contributed by atoms with Crippen LogP contribution in [-0.2, 0) is 22.7 Å². The molecule has 108 valence electrons. The van der Waals surface area contributed by atoms with Gasteiger partial charge in [0.1, 0.15) is 0 Å². The van der Waals surface area contributed by atoms with Crippen LogP contribution >= 0.6 is 11.8 Å². The van der Waals surface area contributed by atoms with Gasteiger partial charge in [-0.3, -0.25) is 0 Å². The van der Waals surface area contributed by atoms with Gasteiger partial charge in [-0.2, -0.15) is 0 Å². The van der Waals surface area contributed by atoms with Crippen LogP contribution in [0.1, 0.15) is 37.7 Å². The van der Waals surface area contributed by atoms with Gasteiger partial charge in [0, 0.05) is 18.1 Å². The predicted octanol–water partition coefficient (Wildman–Crippen LogP) is 4.11. The second kappa shape index (κ2) is 7.58. The SMILES string of the molecule is c1ccc(COC2CCC(C3=[S+]CCCS3)CC2)cc1. The van der Waals surface area contributed by atoms with Crippen molar-refractivity contribution in [3.05, 3.63) is 35.9 Å². The van der Waals surface area contributed by atoms with E-state index < -0.39 is 0 Å². The largest absolute Gasteiger partial charge is 0.374 e. The van der Waals surface area contributed by atoms with Crippen LogP contribution in [0, 0.1) is 5.92 Å². The van der Waals surface area contributed by atoms with E-state index in [1.807, 2.05) is 0 Å². The number of rotatable bonds is 4. The summed E-state index contributed by atoms with van der Waals surface area (Å²) in [6.45, 7) is 0.774. The zero-order chi connectivity index (χ0) is 13.6. The molecule has 0 spiro atoms. The summed E-state index contributed by atoms with van der Waals surface area (Å²) < 4.78 is 7.80. The van der Waals surface area contributed by atoms with Gasteiger partial charge in [-0.25, -0.2) is 0 Å². The molecule has 3 heteroatoms. The van der Waals surface area contributed by atoms with E-state index in [-0.39, 0.29) is 0 Å². The molecule has 1 aliphatic carbocycles. The van der Waals surface area contributed by atoms with E-state index in [1.165, 1.54) is 49.2 Å². The van der Waals surface area contributed by atoms with Crippen LogP contribution in [0.3, 0.4) is 0 Å². The van der Waals surface area contributed by atoms with Crippen LogP contribution in [0.15, 0.2) is 30.3 Å². The van der Waals surface area contributed by atoms with Crippen LogP contribution in [0.5, 0.6) is 0 Å². The Hall–Kier alpha value is -0.380. The number of benzene rings is 1. The molecule has 0 unspecified atom stereocenters. The van der Waals surface area contributed by atoms with Gasteiger partial charge in [0.15, 0.2) is 17.1 Å². The Morgan fingerprint density at radius 1 is 1.10 bits per heavy atom. The van der Waals surface area contributed by atoms with Crippen molar-refractivity contribution in [2.24, 2.45) is 5.92 Å². The Bertz CT molecular complexity index is 436. The van der Waals surface area contributed by atoms with Crippen LogP contribution in [-0.4, -0.2) is 21.8 Å². The highest BCUT2D eigenvalue weighted by molar-refractivity contribution is 8.23. The molecule has 1 aromatic carbocycles. The molecule has 0 atom stereocenters. The smallest absolute Gasteiger partial charge is 0.237 e. The molecule has 1 aliphatic heterocycles. The van der Waals surface area contributed by atoms with Gasteiger partial charge in [-0.1, -0.05) is 42.1 Å². The van der Waals surface area contributed by atoms with Crippen molar-refractivity contribution in [1.29, 1.82) is 0 Å². The maximum Gasteiger partial charge on any atom is 0.237 e. The number of thioether (sulfide) groups is 1. The molecule has 0 amide bonds. The highest BCUT2D eigenvalue weighted by Crippen LogP contribution is 2.32. The van der Waals surface area contributed by atoms with Crippen LogP contribution in [0.4, 0.5) is 0 Å². The second-order valence-electron chi connectivity index (χ2n) is 5.64. The summed E-state index contributed by atoms with van der Waals surface area (Å²) >= 11 is 4.24. The summed E-state index contributed by atoms with van der Waals surface area (Å²) in [5.41, 5.74) is 1.29. The topological polar surface area (TPSA) is 9.23 Å². The van der Waals surface area contributed by atoms with E-state index in [0.29, 0.717) is 6.10 Å². The molecule has 1 aromatic rings. The van der Waals surface area contributed by atoms with Crippen LogP contribution < -0.4 is 0 Å². The fourth-order valence-corrected chi connectivity index (χ4v) is 5.87. The van der Waals surface area contributed by atoms with E-state index in [9.17, 15) is 0 Å². The molecule has 0 saturated heterocycles. The van der Waals surface area contributed by atoms with Crippen molar-refractivity contribution in [1.82, 2.24) is 0 Å². The molecule has 0 bridgehead atoms. The van der Waals surface area contributed by atoms with Gasteiger partial charge in [0.05, 0.1) is 12.7 Å². The third-order valence-corrected chi connectivity index (χ3v) is 7.04. The predicted molar refractivity (Wildman–Crippen MR) is 91.3 cm³/mol. The Kier molecular flexibility index (Phi) is 5.51. The van der Waals surface area contributed by atoms with Crippen molar-refractivity contribution >= 4 is 27.3 Å². The highest BCUT2D eigenvalue weighted by atomic mass is 32.2. The maximum absolute atomic E-state index is 6.08. The minimum absolute atomic E-state index is 0.477. The lowest BCUT2D eigenvalue weighted by Gasteiger charge is -2.27. The lowest BCUT2D eigenvalue weighted by molar-refractivity contribution is 0.0128. The summed E-state index contributed by atoms with van der Waals surface area (Å²) in [6, 6.07) is 10.5. The minimum Gasteiger partial charge on any atom is -0.374 e. The third kappa shape index (κ3) is 4.06. The Morgan fingerprint density at radius 3 is 2.60 bits per heavy atom. The third-order valence-electron chi connectivity index (χ3n) is 4.11. The van der Waals surface area contributed by atoms with Crippen LogP contribution in [0.25, 0.3) is 0 Å². The average Bonchev–Trinajstić information content (AvgIpc) is 2.55. The lowest BCUT2D eigenvalue weighted by atomic mass is 9.88. The number of hydrogen-bond donors (Lipinski definition) is 0. The molecular formula is C17H23OS2+. The molecular weight excluding hydrogens is 284 g/mol. The Balaban J connectivity index is 1.43. The lowest BCUT2D eigenvalue weighted by Crippen LogP contribution is -2.26. The number of hydrogen-bond acceptors (Lipinski definition) is 2. The summed E-state index contributed by atoms with van der Waals surface area (Å²) in [5.74, 6) is 3.53. The summed E-state index contributed by atoms with van der Waals surface area (Å²) in [6.07, 6.45) is 6.99. The second-order valence-corrected chi connectivity index (χ2v) is 8.17. The molecule has 0 radical (unpaired) electrons. The van der Waals surface area contributed by atoms with E-state index in [1.54, 1.807) is 4.20 Å². The van der Waals surface area contributed by atoms with Gasteiger partial charge < -0.3 is 4.74 Å². The molecule has 2 aliphatic rings. The van der Waals surface area contributed by atoms with Gasteiger partial charge in [0.25, 0.3) is 0 Å². The van der Waals surface area contributed by atoms with Gasteiger partial charge in [-0.05, 0) is 31.2 Å². The first-order chi connectivity index (χ1) is 9.92. The zero-order valence-electron chi connectivity index (χ0n) is 11.9. The van der Waals surface area contributed by atoms with Crippen molar-refractivity contribution in [2.75, 3.05) is 11.5 Å². The van der Waals surface area contributed by atoms with E-state index in [4.69, 9.17) is 4.74 Å². The average molecular weight is 308 g/mol. The van der Waals surface area contributed by atoms with Crippen molar-refractivity contribution < 1.29 is 4.74 Å². The van der Waals surface area contributed by atoms with Crippen molar-refractivity contribution in [2.45, 2.75) is 44.8 Å². The van der Waals surface area contributed by atoms with E-state index in [0.717, 1.165) is 12.5 Å². The summed E-state index contributed by atoms with van der Waals surface area (Å²) in [4.78, 5) is 0. The summed E-state index contributed by atoms with van der Waals surface area (Å²) in [7, 11) is 0. The normalized spacial score (nSPS) is 27.1. The first-order valence-corrected chi connectivity index (χ1v) is 9.67. The molecule has 3 rings (SSSR count). The standard InChI is InChI=1S/C17H23OS2/c1-2-5-14(6-3-1)13-18-16-9-7-15(8-10-16)17-19-11-4-12-20-17/h1-3,5-6,15-16H,4,7-13H2/q+1. The van der Waals surface area contributed by atoms with Crippen molar-refractivity contribution in [3.63, 3.8) is 0 Å². The quantitative estimate of drug-likeness (QED) is 0.611. The fraction of sp³-hybridized carbons (Fsp3) is 0.588. The Labute approximate surface area is 130 Å². The summed E-state index contributed by atoms with van der Waals surface area (Å²) in [5, 5.41) is 0. The van der Waals surface area contributed by atoms with E-state index >= 15 is 0 Å². The number of ether oxygens (including phenoxy) is 1. The first-order valence-electron chi connectivity index (χ1n) is 7.70. The minimum atomic E-state index is 0.477. The molecule has 1 nitrogen and oxygen atoms in total. The van der Waals surface area contributed by atoms with Gasteiger partial charge in [-0.15, -0.1) is 0 Å². The molecule has 1 saturated carbocycles. The first kappa shape index (κ1) is 14.6. The molecule has 0 aromatic heterocycles. The fourth-order valence-electron chi connectivity index (χ4n) is 2.94. The molecule has 1 fully saturated rings. The van der Waals surface area contributed by atoms with Gasteiger partial charge in [0.2, 0.25) is 4.20 Å². The van der Waals surface area contributed by atoms with Crippen molar-refractivity contribution in [3.8, 4) is 0 Å². The molecule has 0 N–H and O–H groups in total. The van der Waals surface area contributed by atoms with E-state index in [2.05, 4.69) is 53.4 Å². The zero-order valence-corrected chi connectivity index (χ0v) is 13.6. The molecule has 1 heterocycles. The molecule has 20 heavy (non-hydrogen) atoms. The maximum atomic E-state index is 6.08. The highest BCUT2D eigenvalue weighted by Gasteiger charge is 2.31. The Morgan fingerprint density at radius 2 is 1.90 bits per heavy atom.